The summed E-state index contributed by atoms with van der Waals surface area (Å²) in [5.74, 6) is 1.39. The Morgan fingerprint density at radius 2 is 1.65 bits per heavy atom. The summed E-state index contributed by atoms with van der Waals surface area (Å²) in [4.78, 5) is 0. The van der Waals surface area contributed by atoms with Gasteiger partial charge in [0, 0.05) is 5.92 Å². The van der Waals surface area contributed by atoms with Crippen molar-refractivity contribution in [2.24, 2.45) is 0 Å². The van der Waals surface area contributed by atoms with Gasteiger partial charge >= 0.3 is 0 Å². The normalized spacial score (nSPS) is 12.1. The molecule has 0 saturated carbocycles. The van der Waals surface area contributed by atoms with Crippen LogP contribution < -0.4 is 4.74 Å². The molecule has 0 spiro atoms. The molecule has 0 aliphatic carbocycles. The molecule has 0 aliphatic rings. The van der Waals surface area contributed by atoms with Gasteiger partial charge in [0.05, 0.1) is 7.11 Å². The molecule has 0 aliphatic heterocycles. The van der Waals surface area contributed by atoms with Crippen LogP contribution in [0.4, 0.5) is 0 Å². The zero-order valence-electron chi connectivity index (χ0n) is 10.1. The van der Waals surface area contributed by atoms with E-state index in [0.717, 1.165) is 11.3 Å². The Balaban J connectivity index is 2.33. The van der Waals surface area contributed by atoms with Gasteiger partial charge in [-0.2, -0.15) is 0 Å². The minimum absolute atomic E-state index is 0.234. The Hall–Kier alpha value is -1.96. The summed E-state index contributed by atoms with van der Waals surface area (Å²) in [6.45, 7) is 2.11. The van der Waals surface area contributed by atoms with E-state index in [1.165, 1.54) is 5.56 Å². The second-order valence-corrected chi connectivity index (χ2v) is 4.09. The van der Waals surface area contributed by atoms with Crippen molar-refractivity contribution in [3.63, 3.8) is 0 Å². The van der Waals surface area contributed by atoms with Crippen LogP contribution in [0.25, 0.3) is 0 Å². The minimum Gasteiger partial charge on any atom is -0.508 e. The largest absolute Gasteiger partial charge is 0.508 e. The van der Waals surface area contributed by atoms with Crippen LogP contribution in [0.3, 0.4) is 0 Å². The van der Waals surface area contributed by atoms with Gasteiger partial charge in [-0.3, -0.25) is 0 Å². The molecule has 2 nitrogen and oxygen atoms in total. The molecule has 0 aromatic heterocycles. The molecule has 1 unspecified atom stereocenters. The van der Waals surface area contributed by atoms with E-state index >= 15 is 0 Å². The fourth-order valence-corrected chi connectivity index (χ4v) is 1.90. The van der Waals surface area contributed by atoms with Gasteiger partial charge in [0.25, 0.3) is 0 Å². The second kappa shape index (κ2) is 4.91. The number of hydrogen-bond donors (Lipinski definition) is 1. The first kappa shape index (κ1) is 11.5. The lowest BCUT2D eigenvalue weighted by Gasteiger charge is -2.13. The van der Waals surface area contributed by atoms with Crippen LogP contribution in [0.1, 0.15) is 24.0 Å². The maximum atomic E-state index is 9.48. The average Bonchev–Trinajstić information content (AvgIpc) is 2.38. The predicted molar refractivity (Wildman–Crippen MR) is 68.6 cm³/mol. The molecule has 2 aromatic carbocycles. The first-order valence-corrected chi connectivity index (χ1v) is 5.63. The van der Waals surface area contributed by atoms with Crippen molar-refractivity contribution >= 4 is 0 Å². The molecule has 0 saturated heterocycles. The Morgan fingerprint density at radius 3 is 2.29 bits per heavy atom. The summed E-state index contributed by atoms with van der Waals surface area (Å²) in [7, 11) is 1.66. The molecule has 2 rings (SSSR count). The molecule has 2 heteroatoms. The summed E-state index contributed by atoms with van der Waals surface area (Å²) < 4.78 is 5.22. The zero-order chi connectivity index (χ0) is 12.3. The highest BCUT2D eigenvalue weighted by Crippen LogP contribution is 2.28. The molecule has 2 aromatic rings. The number of hydrogen-bond acceptors (Lipinski definition) is 2. The average molecular weight is 228 g/mol. The van der Waals surface area contributed by atoms with E-state index in [9.17, 15) is 5.11 Å². The van der Waals surface area contributed by atoms with Crippen molar-refractivity contribution in [2.75, 3.05) is 7.11 Å². The fraction of sp³-hybridized carbons (Fsp3) is 0.200. The lowest BCUT2D eigenvalue weighted by Crippen LogP contribution is -1.96. The van der Waals surface area contributed by atoms with Gasteiger partial charge in [-0.05, 0) is 35.4 Å². The molecule has 0 radical (unpaired) electrons. The third-order valence-corrected chi connectivity index (χ3v) is 2.96. The number of benzene rings is 2. The first-order valence-electron chi connectivity index (χ1n) is 5.63. The molecule has 0 fully saturated rings. The van der Waals surface area contributed by atoms with Gasteiger partial charge < -0.3 is 9.84 Å². The van der Waals surface area contributed by atoms with Gasteiger partial charge in [0.2, 0.25) is 0 Å². The molecule has 0 heterocycles. The van der Waals surface area contributed by atoms with Crippen LogP contribution in [0.5, 0.6) is 11.5 Å². The molecule has 88 valence electrons. The van der Waals surface area contributed by atoms with Crippen LogP contribution >= 0.6 is 0 Å². The van der Waals surface area contributed by atoms with Crippen LogP contribution in [0.15, 0.2) is 48.5 Å². The summed E-state index contributed by atoms with van der Waals surface area (Å²) in [6.07, 6.45) is 0. The SMILES string of the molecule is COc1cccc(C(C)c2cccc(O)c2)c1. The third-order valence-electron chi connectivity index (χ3n) is 2.96. The van der Waals surface area contributed by atoms with Crippen LogP contribution in [-0.4, -0.2) is 12.2 Å². The summed E-state index contributed by atoms with van der Waals surface area (Å²) in [6, 6.07) is 15.4. The van der Waals surface area contributed by atoms with Gasteiger partial charge in [-0.25, -0.2) is 0 Å². The molecule has 0 bridgehead atoms. The number of rotatable bonds is 3. The first-order chi connectivity index (χ1) is 8.20. The topological polar surface area (TPSA) is 29.5 Å². The molecule has 17 heavy (non-hydrogen) atoms. The second-order valence-electron chi connectivity index (χ2n) is 4.09. The van der Waals surface area contributed by atoms with Crippen molar-refractivity contribution in [3.05, 3.63) is 59.7 Å². The van der Waals surface area contributed by atoms with Crippen LogP contribution in [0.2, 0.25) is 0 Å². The fourth-order valence-electron chi connectivity index (χ4n) is 1.90. The molecular formula is C15H16O2. The van der Waals surface area contributed by atoms with Crippen molar-refractivity contribution in [1.29, 1.82) is 0 Å². The standard InChI is InChI=1S/C15H16O2/c1-11(12-5-3-7-14(16)9-12)13-6-4-8-15(10-13)17-2/h3-11,16H,1-2H3. The van der Waals surface area contributed by atoms with Gasteiger partial charge in [0.15, 0.2) is 0 Å². The van der Waals surface area contributed by atoms with E-state index in [0.29, 0.717) is 5.75 Å². The Bertz CT molecular complexity index is 506. The molecule has 1 atom stereocenters. The summed E-state index contributed by atoms with van der Waals surface area (Å²) in [5.41, 5.74) is 2.27. The van der Waals surface area contributed by atoms with Crippen LogP contribution in [0, 0.1) is 0 Å². The Labute approximate surface area is 101 Å². The van der Waals surface area contributed by atoms with Crippen LogP contribution in [-0.2, 0) is 0 Å². The number of phenols is 1. The monoisotopic (exact) mass is 228 g/mol. The predicted octanol–water partition coefficient (Wildman–Crippen LogP) is 3.55. The van der Waals surface area contributed by atoms with E-state index in [-0.39, 0.29) is 5.92 Å². The summed E-state index contributed by atoms with van der Waals surface area (Å²) >= 11 is 0. The van der Waals surface area contributed by atoms with E-state index in [1.54, 1.807) is 19.2 Å². The van der Waals surface area contributed by atoms with Gasteiger partial charge in [-0.15, -0.1) is 0 Å². The lowest BCUT2D eigenvalue weighted by atomic mass is 9.93. The third kappa shape index (κ3) is 2.59. The van der Waals surface area contributed by atoms with E-state index in [2.05, 4.69) is 13.0 Å². The Kier molecular flexibility index (Phi) is 3.33. The van der Waals surface area contributed by atoms with E-state index < -0.39 is 0 Å². The summed E-state index contributed by atoms with van der Waals surface area (Å²) in [5, 5.41) is 9.48. The van der Waals surface area contributed by atoms with E-state index in [1.807, 2.05) is 30.3 Å². The van der Waals surface area contributed by atoms with Gasteiger partial charge in [-0.1, -0.05) is 31.2 Å². The van der Waals surface area contributed by atoms with Crippen molar-refractivity contribution in [3.8, 4) is 11.5 Å². The van der Waals surface area contributed by atoms with E-state index in [4.69, 9.17) is 4.74 Å². The quantitative estimate of drug-likeness (QED) is 0.870. The number of ether oxygens (including phenoxy) is 1. The highest BCUT2D eigenvalue weighted by atomic mass is 16.5. The minimum atomic E-state index is 0.234. The lowest BCUT2D eigenvalue weighted by molar-refractivity contribution is 0.414. The number of phenolic OH excluding ortho intramolecular Hbond substituents is 1. The number of methoxy groups -OCH3 is 1. The maximum Gasteiger partial charge on any atom is 0.119 e. The van der Waals surface area contributed by atoms with Crippen molar-refractivity contribution in [2.45, 2.75) is 12.8 Å². The van der Waals surface area contributed by atoms with Crippen molar-refractivity contribution < 1.29 is 9.84 Å². The zero-order valence-corrected chi connectivity index (χ0v) is 10.1. The molecule has 1 N–H and O–H groups in total. The smallest absolute Gasteiger partial charge is 0.119 e. The maximum absolute atomic E-state index is 9.48. The molecule has 0 amide bonds. The highest BCUT2D eigenvalue weighted by molar-refractivity contribution is 5.38. The van der Waals surface area contributed by atoms with Gasteiger partial charge in [0.1, 0.15) is 11.5 Å². The highest BCUT2D eigenvalue weighted by Gasteiger charge is 2.09. The molecular weight excluding hydrogens is 212 g/mol. The Morgan fingerprint density at radius 1 is 1.00 bits per heavy atom. The van der Waals surface area contributed by atoms with Crippen molar-refractivity contribution in [1.82, 2.24) is 0 Å². The number of aromatic hydroxyl groups is 1.